The van der Waals surface area contributed by atoms with Gasteiger partial charge in [0.05, 0.1) is 38.2 Å². The van der Waals surface area contributed by atoms with Gasteiger partial charge >= 0.3 is 12.2 Å². The first-order valence-electron chi connectivity index (χ1n) is 19.7. The molecule has 2 aliphatic heterocycles. The van der Waals surface area contributed by atoms with Crippen molar-refractivity contribution in [3.63, 3.8) is 0 Å². The molecule has 0 radical (unpaired) electrons. The zero-order valence-corrected chi connectivity index (χ0v) is 34.5. The first-order valence-corrected chi connectivity index (χ1v) is 20.5. The normalized spacial score (nSPS) is 24.2. The van der Waals surface area contributed by atoms with Crippen LogP contribution in [0.25, 0.3) is 33.6 Å². The Morgan fingerprint density at radius 2 is 1.14 bits per heavy atom. The van der Waals surface area contributed by atoms with E-state index in [0.717, 1.165) is 75.6 Å². The van der Waals surface area contributed by atoms with Gasteiger partial charge in [0.15, 0.2) is 0 Å². The minimum atomic E-state index is -0.691. The molecule has 2 saturated carbocycles. The van der Waals surface area contributed by atoms with Crippen molar-refractivity contribution in [3.05, 3.63) is 71.0 Å². The van der Waals surface area contributed by atoms with E-state index < -0.39 is 24.3 Å². The number of methoxy groups -OCH3 is 2. The van der Waals surface area contributed by atoms with Gasteiger partial charge in [-0.3, -0.25) is 9.59 Å². The predicted octanol–water partition coefficient (Wildman–Crippen LogP) is 6.98. The van der Waals surface area contributed by atoms with E-state index in [2.05, 4.69) is 72.9 Å². The Balaban J connectivity index is 0.947. The van der Waals surface area contributed by atoms with Gasteiger partial charge in [-0.25, -0.2) is 19.6 Å². The van der Waals surface area contributed by atoms with Gasteiger partial charge < -0.3 is 39.9 Å². The summed E-state index contributed by atoms with van der Waals surface area (Å²) in [5.74, 6) is 1.92. The van der Waals surface area contributed by atoms with Gasteiger partial charge in [0.2, 0.25) is 11.8 Å². The van der Waals surface area contributed by atoms with Crippen LogP contribution in [0.3, 0.4) is 0 Å². The van der Waals surface area contributed by atoms with E-state index in [4.69, 9.17) is 19.4 Å². The third-order valence-corrected chi connectivity index (χ3v) is 12.7. The molecular weight excluding hydrogens is 792 g/mol. The molecule has 300 valence electrons. The molecule has 2 aromatic heterocycles. The summed E-state index contributed by atoms with van der Waals surface area (Å²) < 4.78 is 10.3. The third kappa shape index (κ3) is 7.41. The number of nitrogens with one attached hydrogen (secondary N) is 4. The summed E-state index contributed by atoms with van der Waals surface area (Å²) in [4.78, 5) is 72.2. The van der Waals surface area contributed by atoms with Crippen LogP contribution in [0.2, 0.25) is 0 Å². The highest BCUT2D eigenvalue weighted by molar-refractivity contribution is 9.10. The number of imidazole rings is 2. The van der Waals surface area contributed by atoms with Crippen molar-refractivity contribution in [3.8, 4) is 33.6 Å². The largest absolute Gasteiger partial charge is 0.453 e. The maximum Gasteiger partial charge on any atom is 0.407 e. The number of carbonyl (C=O) groups is 4. The number of piperidine rings is 2. The molecule has 4 heterocycles. The summed E-state index contributed by atoms with van der Waals surface area (Å²) in [7, 11) is 2.60. The van der Waals surface area contributed by atoms with Crippen molar-refractivity contribution < 1.29 is 28.7 Å². The lowest BCUT2D eigenvalue weighted by atomic mass is 10.0. The van der Waals surface area contributed by atoms with Crippen LogP contribution in [0, 0.1) is 23.7 Å². The van der Waals surface area contributed by atoms with Crippen molar-refractivity contribution >= 4 is 39.9 Å². The SMILES string of the molecule is COC(=O)N[C@H](C(=O)N1[C@@H]2C[C@@H]2C[C@H]1c1nc(-c2ccc(-c3ccc(-c4cnc([C@@H]5C[C@@H]6C[C@@H]6N5C(=O)[C@H](NC(=O)OC)C(C)C)[nH]4)cc3)cc2)c(Br)[nH]1)C(C)C. The Labute approximate surface area is 340 Å². The number of benzene rings is 2. The highest BCUT2D eigenvalue weighted by atomic mass is 79.9. The molecule has 0 bridgehead atoms. The zero-order valence-electron chi connectivity index (χ0n) is 32.9. The van der Waals surface area contributed by atoms with Crippen LogP contribution in [-0.4, -0.2) is 92.1 Å². The van der Waals surface area contributed by atoms with Crippen molar-refractivity contribution in [2.45, 2.75) is 89.6 Å². The van der Waals surface area contributed by atoms with E-state index in [1.807, 2.05) is 55.8 Å². The number of halogens is 1. The Bertz CT molecular complexity index is 2170. The molecule has 0 unspecified atom stereocenters. The average Bonchev–Trinajstić information content (AvgIpc) is 3.85. The predicted molar refractivity (Wildman–Crippen MR) is 215 cm³/mol. The average molecular weight is 842 g/mol. The fourth-order valence-corrected chi connectivity index (χ4v) is 9.31. The molecule has 4 fully saturated rings. The third-order valence-electron chi connectivity index (χ3n) is 12.1. The fourth-order valence-electron chi connectivity index (χ4n) is 8.79. The molecule has 8 rings (SSSR count). The van der Waals surface area contributed by atoms with Gasteiger partial charge in [-0.05, 0) is 82.0 Å². The van der Waals surface area contributed by atoms with Crippen molar-refractivity contribution in [2.75, 3.05) is 14.2 Å². The summed E-state index contributed by atoms with van der Waals surface area (Å²) in [6.45, 7) is 7.67. The van der Waals surface area contributed by atoms with Crippen molar-refractivity contribution in [1.29, 1.82) is 0 Å². The minimum absolute atomic E-state index is 0.100. The first kappa shape index (κ1) is 38.7. The van der Waals surface area contributed by atoms with Crippen LogP contribution in [0.1, 0.15) is 77.1 Å². The lowest BCUT2D eigenvalue weighted by Gasteiger charge is -2.31. The summed E-state index contributed by atoms with van der Waals surface area (Å²) in [5, 5.41) is 5.47. The Morgan fingerprint density at radius 3 is 1.61 bits per heavy atom. The number of carbonyl (C=O) groups excluding carboxylic acids is 4. The van der Waals surface area contributed by atoms with Gasteiger partial charge in [0.25, 0.3) is 0 Å². The van der Waals surface area contributed by atoms with Gasteiger partial charge in [0.1, 0.15) is 34.0 Å². The van der Waals surface area contributed by atoms with Crippen LogP contribution >= 0.6 is 15.9 Å². The molecule has 2 saturated heterocycles. The molecule has 2 aliphatic carbocycles. The lowest BCUT2D eigenvalue weighted by Crippen LogP contribution is -2.52. The highest BCUT2D eigenvalue weighted by Crippen LogP contribution is 2.55. The number of hydrogen-bond acceptors (Lipinski definition) is 8. The second-order valence-corrected chi connectivity index (χ2v) is 17.2. The molecule has 0 spiro atoms. The zero-order chi connectivity index (χ0) is 40.3. The summed E-state index contributed by atoms with van der Waals surface area (Å²) in [5.41, 5.74) is 5.65. The topological polar surface area (TPSA) is 175 Å². The van der Waals surface area contributed by atoms with Crippen LogP contribution in [0.15, 0.2) is 59.3 Å². The number of rotatable bonds is 11. The lowest BCUT2D eigenvalue weighted by molar-refractivity contribution is -0.137. The monoisotopic (exact) mass is 840 g/mol. The number of alkyl carbamates (subject to hydrolysis) is 2. The Hall–Kier alpha value is -5.18. The number of amides is 4. The number of aromatic amines is 2. The number of H-pyrrole nitrogens is 2. The molecule has 4 amide bonds. The van der Waals surface area contributed by atoms with Crippen LogP contribution in [0.5, 0.6) is 0 Å². The molecule has 4 aromatic rings. The van der Waals surface area contributed by atoms with E-state index in [0.29, 0.717) is 11.8 Å². The Morgan fingerprint density at radius 1 is 0.684 bits per heavy atom. The number of aromatic nitrogens is 4. The second kappa shape index (κ2) is 15.3. The van der Waals surface area contributed by atoms with Crippen molar-refractivity contribution in [2.24, 2.45) is 23.7 Å². The summed E-state index contributed by atoms with van der Waals surface area (Å²) in [6, 6.07) is 15.1. The quantitative estimate of drug-likeness (QED) is 0.125. The highest BCUT2D eigenvalue weighted by Gasteiger charge is 2.57. The maximum absolute atomic E-state index is 13.8. The first-order chi connectivity index (χ1) is 27.4. The van der Waals surface area contributed by atoms with Gasteiger partial charge in [-0.2, -0.15) is 0 Å². The number of hydrogen-bond donors (Lipinski definition) is 4. The molecule has 4 N–H and O–H groups in total. The second-order valence-electron chi connectivity index (χ2n) is 16.5. The molecule has 57 heavy (non-hydrogen) atoms. The minimum Gasteiger partial charge on any atom is -0.453 e. The molecular formula is C42H49BrN8O6. The van der Waals surface area contributed by atoms with Crippen LogP contribution < -0.4 is 10.6 Å². The van der Waals surface area contributed by atoms with E-state index in [1.165, 1.54) is 14.2 Å². The van der Waals surface area contributed by atoms with Crippen molar-refractivity contribution in [1.82, 2.24) is 40.4 Å². The number of likely N-dealkylation sites (tertiary alicyclic amines) is 2. The van der Waals surface area contributed by atoms with E-state index >= 15 is 0 Å². The van der Waals surface area contributed by atoms with E-state index in [9.17, 15) is 19.2 Å². The number of ether oxygens (including phenoxy) is 2. The smallest absolute Gasteiger partial charge is 0.407 e. The van der Waals surface area contributed by atoms with Gasteiger partial charge in [-0.15, -0.1) is 0 Å². The maximum atomic E-state index is 13.8. The van der Waals surface area contributed by atoms with Gasteiger partial charge in [0, 0.05) is 17.6 Å². The van der Waals surface area contributed by atoms with Crippen LogP contribution in [0.4, 0.5) is 9.59 Å². The standard InChI is InChI=1S/C42H49BrN8O6/c1-20(2)33(47-41(54)56-5)39(52)50-29-15-26(29)17-31(50)37-44-19-28(45-37)24-11-7-22(8-12-24)23-9-13-25(14-10-23)35-36(43)49-38(46-35)32-18-27-16-30(27)51(32)40(53)34(21(3)4)48-42(55)57-6/h7-14,19-21,26-27,29-34H,15-18H2,1-6H3,(H,44,45)(H,46,49)(H,47,54)(H,48,55)/t26-,27+,29-,30+,31-,32-,33+,34-/m0/s1. The number of nitrogens with zero attached hydrogens (tertiary/aromatic N) is 4. The summed E-state index contributed by atoms with van der Waals surface area (Å²) >= 11 is 3.69. The molecule has 14 nitrogen and oxygen atoms in total. The number of fused-ring (bicyclic) bond motifs is 2. The van der Waals surface area contributed by atoms with Crippen LogP contribution in [-0.2, 0) is 19.1 Å². The van der Waals surface area contributed by atoms with E-state index in [1.54, 1.807) is 0 Å². The molecule has 2 aromatic carbocycles. The van der Waals surface area contributed by atoms with E-state index in [-0.39, 0.29) is 47.8 Å². The fraction of sp³-hybridized carbons (Fsp3) is 0.476. The summed E-state index contributed by atoms with van der Waals surface area (Å²) in [6.07, 6.45) is 4.18. The molecule has 15 heteroatoms. The molecule has 4 aliphatic rings. The molecule has 8 atom stereocenters. The Kier molecular flexibility index (Phi) is 10.4. The van der Waals surface area contributed by atoms with Gasteiger partial charge in [-0.1, -0.05) is 76.2 Å².